The second kappa shape index (κ2) is 4.99. The van der Waals surface area contributed by atoms with Gasteiger partial charge in [-0.05, 0) is 23.3 Å². The van der Waals surface area contributed by atoms with Gasteiger partial charge in [-0.3, -0.25) is 0 Å². The Kier molecular flexibility index (Phi) is 3.42. The van der Waals surface area contributed by atoms with Crippen LogP contribution in [-0.4, -0.2) is 5.97 Å². The van der Waals surface area contributed by atoms with Gasteiger partial charge in [0.15, 0.2) is 0 Å². The van der Waals surface area contributed by atoms with Crippen molar-refractivity contribution >= 4 is 17.6 Å². The zero-order valence-electron chi connectivity index (χ0n) is 8.89. The Morgan fingerprint density at radius 3 is 2.41 bits per heavy atom. The summed E-state index contributed by atoms with van der Waals surface area (Å²) >= 11 is 5.90. The highest BCUT2D eigenvalue weighted by Crippen LogP contribution is 2.25. The Morgan fingerprint density at radius 2 is 1.76 bits per heavy atom. The third-order valence-corrected chi connectivity index (χ3v) is 2.73. The summed E-state index contributed by atoms with van der Waals surface area (Å²) in [7, 11) is 0. The molecule has 3 nitrogen and oxygen atoms in total. The lowest BCUT2D eigenvalue weighted by Crippen LogP contribution is -2.10. The van der Waals surface area contributed by atoms with Crippen molar-refractivity contribution in [1.29, 1.82) is 0 Å². The third-order valence-electron chi connectivity index (χ3n) is 2.40. The molecule has 0 unspecified atom stereocenters. The van der Waals surface area contributed by atoms with Crippen LogP contribution in [-0.2, 0) is 4.84 Å². The van der Waals surface area contributed by atoms with Crippen LogP contribution in [0, 0.1) is 0 Å². The van der Waals surface area contributed by atoms with Gasteiger partial charge < -0.3 is 4.84 Å². The zero-order valence-corrected chi connectivity index (χ0v) is 9.65. The molecule has 17 heavy (non-hydrogen) atoms. The lowest BCUT2D eigenvalue weighted by molar-refractivity contribution is 0.0503. The predicted molar refractivity (Wildman–Crippen MR) is 66.5 cm³/mol. The minimum Gasteiger partial charge on any atom is -0.370 e. The van der Waals surface area contributed by atoms with Crippen LogP contribution in [0.15, 0.2) is 48.5 Å². The number of rotatable bonds is 2. The fraction of sp³-hybridized carbons (Fsp3) is 0. The van der Waals surface area contributed by atoms with Gasteiger partial charge in [0.25, 0.3) is 0 Å². The molecule has 0 atom stereocenters. The summed E-state index contributed by atoms with van der Waals surface area (Å²) in [6.07, 6.45) is 0. The van der Waals surface area contributed by atoms with Gasteiger partial charge in [0.05, 0.1) is 10.6 Å². The lowest BCUT2D eigenvalue weighted by atomic mass is 10.0. The van der Waals surface area contributed by atoms with Gasteiger partial charge in [0.1, 0.15) is 0 Å². The molecule has 0 aliphatic heterocycles. The molecule has 2 N–H and O–H groups in total. The number of halogens is 1. The van der Waals surface area contributed by atoms with E-state index in [2.05, 4.69) is 4.84 Å². The van der Waals surface area contributed by atoms with Crippen LogP contribution in [0.5, 0.6) is 0 Å². The van der Waals surface area contributed by atoms with Crippen LogP contribution in [0.3, 0.4) is 0 Å². The molecule has 2 rings (SSSR count). The fourth-order valence-corrected chi connectivity index (χ4v) is 1.75. The Balaban J connectivity index is 2.48. The fourth-order valence-electron chi connectivity index (χ4n) is 1.56. The van der Waals surface area contributed by atoms with Crippen molar-refractivity contribution in [2.24, 2.45) is 5.90 Å². The topological polar surface area (TPSA) is 52.3 Å². The van der Waals surface area contributed by atoms with Gasteiger partial charge in [-0.2, -0.15) is 5.90 Å². The molecule has 2 aromatic rings. The van der Waals surface area contributed by atoms with E-state index in [0.29, 0.717) is 5.02 Å². The van der Waals surface area contributed by atoms with Crippen molar-refractivity contribution in [2.45, 2.75) is 0 Å². The van der Waals surface area contributed by atoms with E-state index in [1.165, 1.54) is 0 Å². The molecule has 0 heterocycles. The van der Waals surface area contributed by atoms with Crippen LogP contribution in [0.4, 0.5) is 0 Å². The average Bonchev–Trinajstić information content (AvgIpc) is 2.39. The Hall–Kier alpha value is -1.84. The molecule has 0 spiro atoms. The highest BCUT2D eigenvalue weighted by molar-refractivity contribution is 6.33. The van der Waals surface area contributed by atoms with Crippen molar-refractivity contribution in [1.82, 2.24) is 0 Å². The summed E-state index contributed by atoms with van der Waals surface area (Å²) in [5.41, 5.74) is 2.14. The quantitative estimate of drug-likeness (QED) is 0.830. The molecule has 86 valence electrons. The first kappa shape index (κ1) is 11.6. The van der Waals surface area contributed by atoms with Crippen molar-refractivity contribution in [3.05, 3.63) is 59.1 Å². The van der Waals surface area contributed by atoms with Crippen molar-refractivity contribution in [3.8, 4) is 11.1 Å². The lowest BCUT2D eigenvalue weighted by Gasteiger charge is -2.05. The summed E-state index contributed by atoms with van der Waals surface area (Å²) in [4.78, 5) is 15.6. The molecular formula is C13H10ClNO2. The highest BCUT2D eigenvalue weighted by Gasteiger charge is 2.12. The van der Waals surface area contributed by atoms with Crippen LogP contribution >= 0.6 is 11.6 Å². The molecular weight excluding hydrogens is 238 g/mol. The van der Waals surface area contributed by atoms with Gasteiger partial charge in [-0.25, -0.2) is 4.79 Å². The molecule has 2 aromatic carbocycles. The van der Waals surface area contributed by atoms with E-state index in [1.807, 2.05) is 36.4 Å². The van der Waals surface area contributed by atoms with Gasteiger partial charge in [0, 0.05) is 0 Å². The van der Waals surface area contributed by atoms with Crippen LogP contribution < -0.4 is 5.90 Å². The average molecular weight is 248 g/mol. The molecule has 0 saturated heterocycles. The van der Waals surface area contributed by atoms with Crippen molar-refractivity contribution in [3.63, 3.8) is 0 Å². The largest absolute Gasteiger partial charge is 0.370 e. The van der Waals surface area contributed by atoms with E-state index >= 15 is 0 Å². The number of nitrogens with two attached hydrogens (primary N) is 1. The first-order valence-electron chi connectivity index (χ1n) is 4.98. The van der Waals surface area contributed by atoms with Crippen molar-refractivity contribution in [2.75, 3.05) is 0 Å². The molecule has 0 bridgehead atoms. The SMILES string of the molecule is NOC(=O)c1cc(-c2ccccc2)ccc1Cl. The predicted octanol–water partition coefficient (Wildman–Crippen LogP) is 3.04. The molecule has 0 aliphatic rings. The number of carbonyl (C=O) groups is 1. The number of hydrogen-bond acceptors (Lipinski definition) is 3. The molecule has 0 amide bonds. The van der Waals surface area contributed by atoms with Gasteiger partial charge in [-0.15, -0.1) is 0 Å². The molecule has 0 aliphatic carbocycles. The molecule has 0 fully saturated rings. The Morgan fingerprint density at radius 1 is 1.06 bits per heavy atom. The van der Waals surface area contributed by atoms with E-state index < -0.39 is 5.97 Å². The Labute approximate surface area is 104 Å². The maximum absolute atomic E-state index is 11.4. The minimum atomic E-state index is -0.646. The van der Waals surface area contributed by atoms with Crippen molar-refractivity contribution < 1.29 is 9.63 Å². The van der Waals surface area contributed by atoms with Gasteiger partial charge >= 0.3 is 5.97 Å². The zero-order chi connectivity index (χ0) is 12.3. The second-order valence-electron chi connectivity index (χ2n) is 3.47. The van der Waals surface area contributed by atoms with Crippen LogP contribution in [0.1, 0.15) is 10.4 Å². The first-order valence-corrected chi connectivity index (χ1v) is 5.36. The van der Waals surface area contributed by atoms with E-state index in [0.717, 1.165) is 11.1 Å². The standard InChI is InChI=1S/C13H10ClNO2/c14-12-7-6-10(8-11(12)13(16)17-15)9-4-2-1-3-5-9/h1-8H,15H2. The van der Waals surface area contributed by atoms with Gasteiger partial charge in [-0.1, -0.05) is 48.0 Å². The maximum Gasteiger partial charge on any atom is 0.358 e. The van der Waals surface area contributed by atoms with E-state index in [1.54, 1.807) is 12.1 Å². The monoisotopic (exact) mass is 247 g/mol. The number of hydrogen-bond donors (Lipinski definition) is 1. The summed E-state index contributed by atoms with van der Waals surface area (Å²) in [5, 5.41) is 0.320. The number of benzene rings is 2. The maximum atomic E-state index is 11.4. The molecule has 0 radical (unpaired) electrons. The summed E-state index contributed by atoms with van der Waals surface area (Å²) in [5.74, 6) is 4.21. The van der Waals surface area contributed by atoms with E-state index in [4.69, 9.17) is 17.5 Å². The summed E-state index contributed by atoms with van der Waals surface area (Å²) in [6, 6.07) is 14.8. The first-order chi connectivity index (χ1) is 8.22. The number of carbonyl (C=O) groups excluding carboxylic acids is 1. The summed E-state index contributed by atoms with van der Waals surface area (Å²) in [6.45, 7) is 0. The van der Waals surface area contributed by atoms with Crippen LogP contribution in [0.25, 0.3) is 11.1 Å². The third kappa shape index (κ3) is 2.46. The van der Waals surface area contributed by atoms with E-state index in [9.17, 15) is 4.79 Å². The second-order valence-corrected chi connectivity index (χ2v) is 3.87. The minimum absolute atomic E-state index is 0.260. The molecule has 0 aromatic heterocycles. The summed E-state index contributed by atoms with van der Waals surface area (Å²) < 4.78 is 0. The Bertz CT molecular complexity index is 540. The molecule has 0 saturated carbocycles. The normalized spacial score (nSPS) is 10.0. The van der Waals surface area contributed by atoms with E-state index in [-0.39, 0.29) is 5.56 Å². The molecule has 4 heteroatoms. The van der Waals surface area contributed by atoms with Crippen LogP contribution in [0.2, 0.25) is 5.02 Å². The smallest absolute Gasteiger partial charge is 0.358 e. The highest BCUT2D eigenvalue weighted by atomic mass is 35.5. The van der Waals surface area contributed by atoms with Gasteiger partial charge in [0.2, 0.25) is 0 Å².